The van der Waals surface area contributed by atoms with Crippen LogP contribution in [0.2, 0.25) is 0 Å². The average Bonchev–Trinajstić information content (AvgIpc) is 3.54. The van der Waals surface area contributed by atoms with E-state index in [2.05, 4.69) is 9.88 Å². The highest BCUT2D eigenvalue weighted by atomic mass is 16.5. The third-order valence-electron chi connectivity index (χ3n) is 6.65. The van der Waals surface area contributed by atoms with E-state index in [-0.39, 0.29) is 5.88 Å². The molecule has 204 valence electrons. The van der Waals surface area contributed by atoms with E-state index in [1.807, 2.05) is 66.7 Å². The Balaban J connectivity index is 1.05. The van der Waals surface area contributed by atoms with Gasteiger partial charge in [0.25, 0.3) is 0 Å². The lowest BCUT2D eigenvalue weighted by Crippen LogP contribution is -2.38. The molecule has 0 aliphatic carbocycles. The van der Waals surface area contributed by atoms with Crippen molar-refractivity contribution in [2.24, 2.45) is 0 Å². The molecule has 9 heteroatoms. The van der Waals surface area contributed by atoms with E-state index in [1.165, 1.54) is 4.57 Å². The van der Waals surface area contributed by atoms with Crippen molar-refractivity contribution in [3.8, 4) is 11.6 Å². The minimum atomic E-state index is -0.510. The predicted octanol–water partition coefficient (Wildman–Crippen LogP) is 4.39. The van der Waals surface area contributed by atoms with Crippen molar-refractivity contribution in [1.82, 2.24) is 14.5 Å². The zero-order valence-electron chi connectivity index (χ0n) is 21.8. The SMILES string of the molecule is O=c1oc(CCCc2ccc(OCc3coc(C=Cc4ccccc4)n3)cc2)c(O)n1CCN1CCOCC1. The summed E-state index contributed by atoms with van der Waals surface area (Å²) in [4.78, 5) is 18.9. The summed E-state index contributed by atoms with van der Waals surface area (Å²) in [7, 11) is 0. The molecule has 39 heavy (non-hydrogen) atoms. The van der Waals surface area contributed by atoms with Crippen LogP contribution in [-0.4, -0.2) is 52.4 Å². The van der Waals surface area contributed by atoms with Gasteiger partial charge in [-0.05, 0) is 42.2 Å². The number of aromatic nitrogens is 2. The first kappa shape index (κ1) is 26.5. The summed E-state index contributed by atoms with van der Waals surface area (Å²) in [6.07, 6.45) is 7.39. The van der Waals surface area contributed by atoms with Crippen LogP contribution >= 0.6 is 0 Å². The number of morpholine rings is 1. The standard InChI is InChI=1S/C30H33N3O6/c34-29-27(39-30(35)33(29)16-15-32-17-19-36-20-18-32)8-4-7-24-9-12-26(13-10-24)37-21-25-22-38-28(31-25)14-11-23-5-2-1-3-6-23/h1-3,5-6,9-14,22,34H,4,7-8,15-21H2. The summed E-state index contributed by atoms with van der Waals surface area (Å²) in [5.41, 5.74) is 2.92. The molecular weight excluding hydrogens is 498 g/mol. The van der Waals surface area contributed by atoms with E-state index in [0.717, 1.165) is 42.8 Å². The fraction of sp³-hybridized carbons (Fsp3) is 0.333. The predicted molar refractivity (Wildman–Crippen MR) is 147 cm³/mol. The first-order valence-electron chi connectivity index (χ1n) is 13.2. The van der Waals surface area contributed by atoms with E-state index >= 15 is 0 Å². The van der Waals surface area contributed by atoms with Gasteiger partial charge in [0, 0.05) is 38.7 Å². The topological polar surface area (TPSA) is 103 Å². The van der Waals surface area contributed by atoms with Gasteiger partial charge in [-0.25, -0.2) is 14.3 Å². The largest absolute Gasteiger partial charge is 0.492 e. The van der Waals surface area contributed by atoms with Crippen molar-refractivity contribution in [2.45, 2.75) is 32.4 Å². The average molecular weight is 532 g/mol. The Hall–Kier alpha value is -4.08. The highest BCUT2D eigenvalue weighted by molar-refractivity contribution is 5.65. The minimum Gasteiger partial charge on any atom is -0.492 e. The summed E-state index contributed by atoms with van der Waals surface area (Å²) in [6.45, 7) is 4.43. The summed E-state index contributed by atoms with van der Waals surface area (Å²) in [6, 6.07) is 17.8. The maximum Gasteiger partial charge on any atom is 0.422 e. The number of hydrogen-bond donors (Lipinski definition) is 1. The molecule has 9 nitrogen and oxygen atoms in total. The zero-order valence-corrected chi connectivity index (χ0v) is 21.8. The fourth-order valence-corrected chi connectivity index (χ4v) is 4.43. The number of aryl methyl sites for hydroxylation is 2. The lowest BCUT2D eigenvalue weighted by molar-refractivity contribution is 0.0359. The summed E-state index contributed by atoms with van der Waals surface area (Å²) in [5, 5.41) is 10.5. The molecule has 2 aromatic carbocycles. The van der Waals surface area contributed by atoms with Gasteiger partial charge in [-0.3, -0.25) is 4.90 Å². The quantitative estimate of drug-likeness (QED) is 0.287. The van der Waals surface area contributed by atoms with Gasteiger partial charge < -0.3 is 23.4 Å². The number of benzene rings is 2. The van der Waals surface area contributed by atoms with Crippen molar-refractivity contribution in [3.63, 3.8) is 0 Å². The third-order valence-corrected chi connectivity index (χ3v) is 6.65. The molecule has 1 saturated heterocycles. The third kappa shape index (κ3) is 7.49. The van der Waals surface area contributed by atoms with Crippen LogP contribution in [0.1, 0.15) is 34.9 Å². The maximum absolute atomic E-state index is 12.2. The van der Waals surface area contributed by atoms with Crippen LogP contribution in [-0.2, 0) is 30.7 Å². The molecule has 0 unspecified atom stereocenters. The van der Waals surface area contributed by atoms with Crippen LogP contribution in [0.15, 0.2) is 74.5 Å². The smallest absolute Gasteiger partial charge is 0.422 e. The highest BCUT2D eigenvalue weighted by Crippen LogP contribution is 2.20. The van der Waals surface area contributed by atoms with Gasteiger partial charge in [-0.1, -0.05) is 42.5 Å². The van der Waals surface area contributed by atoms with E-state index in [9.17, 15) is 9.90 Å². The number of ether oxygens (including phenoxy) is 2. The van der Waals surface area contributed by atoms with E-state index in [0.29, 0.717) is 56.7 Å². The number of aromatic hydroxyl groups is 1. The molecule has 1 fully saturated rings. The first-order chi connectivity index (χ1) is 19.1. The molecular formula is C30H33N3O6. The second kappa shape index (κ2) is 13.1. The zero-order chi connectivity index (χ0) is 26.9. The second-order valence-corrected chi connectivity index (χ2v) is 9.43. The normalized spacial score (nSPS) is 14.3. The Bertz CT molecular complexity index is 1400. The number of nitrogens with zero attached hydrogens (tertiary/aromatic N) is 3. The van der Waals surface area contributed by atoms with E-state index in [4.69, 9.17) is 18.3 Å². The molecule has 1 aliphatic heterocycles. The van der Waals surface area contributed by atoms with Gasteiger partial charge in [0.15, 0.2) is 5.76 Å². The summed E-state index contributed by atoms with van der Waals surface area (Å²) in [5.74, 6) is 1.03. The van der Waals surface area contributed by atoms with Crippen LogP contribution < -0.4 is 10.5 Å². The van der Waals surface area contributed by atoms with Crippen LogP contribution in [0, 0.1) is 0 Å². The molecule has 0 spiro atoms. The molecule has 0 bridgehead atoms. The monoisotopic (exact) mass is 531 g/mol. The summed E-state index contributed by atoms with van der Waals surface area (Å²) >= 11 is 0. The van der Waals surface area contributed by atoms with Gasteiger partial charge in [0.2, 0.25) is 11.8 Å². The number of oxazole rings is 2. The molecule has 0 atom stereocenters. The van der Waals surface area contributed by atoms with Gasteiger partial charge in [0.05, 0.1) is 13.2 Å². The fourth-order valence-electron chi connectivity index (χ4n) is 4.43. The van der Waals surface area contributed by atoms with Crippen LogP contribution in [0.3, 0.4) is 0 Å². The van der Waals surface area contributed by atoms with Crippen LogP contribution in [0.25, 0.3) is 12.2 Å². The van der Waals surface area contributed by atoms with Crippen molar-refractivity contribution in [1.29, 1.82) is 0 Å². The Kier molecular flexibility index (Phi) is 8.93. The van der Waals surface area contributed by atoms with Gasteiger partial charge in [-0.2, -0.15) is 0 Å². The molecule has 0 amide bonds. The molecule has 1 N–H and O–H groups in total. The van der Waals surface area contributed by atoms with Gasteiger partial charge >= 0.3 is 5.76 Å². The Morgan fingerprint density at radius 1 is 0.974 bits per heavy atom. The molecule has 1 aliphatic rings. The van der Waals surface area contributed by atoms with Crippen molar-refractivity contribution in [2.75, 3.05) is 32.8 Å². The lowest BCUT2D eigenvalue weighted by Gasteiger charge is -2.26. The second-order valence-electron chi connectivity index (χ2n) is 9.43. The van der Waals surface area contributed by atoms with Crippen molar-refractivity contribution in [3.05, 3.63) is 99.9 Å². The molecule has 2 aromatic heterocycles. The molecule has 4 aromatic rings. The maximum atomic E-state index is 12.2. The Morgan fingerprint density at radius 3 is 2.56 bits per heavy atom. The Labute approximate surface area is 226 Å². The van der Waals surface area contributed by atoms with E-state index < -0.39 is 5.76 Å². The van der Waals surface area contributed by atoms with Crippen molar-refractivity contribution >= 4 is 12.2 Å². The first-order valence-corrected chi connectivity index (χ1v) is 13.2. The van der Waals surface area contributed by atoms with Crippen LogP contribution in [0.5, 0.6) is 11.6 Å². The van der Waals surface area contributed by atoms with Gasteiger partial charge in [-0.15, -0.1) is 0 Å². The molecule has 3 heterocycles. The minimum absolute atomic E-state index is 0.0661. The van der Waals surface area contributed by atoms with Crippen molar-refractivity contribution < 1.29 is 23.4 Å². The van der Waals surface area contributed by atoms with Gasteiger partial charge in [0.1, 0.15) is 24.3 Å². The van der Waals surface area contributed by atoms with Crippen LogP contribution in [0.4, 0.5) is 0 Å². The number of hydrogen-bond acceptors (Lipinski definition) is 8. The highest BCUT2D eigenvalue weighted by Gasteiger charge is 2.17. The molecule has 0 radical (unpaired) electrons. The number of rotatable bonds is 12. The molecule has 0 saturated carbocycles. The Morgan fingerprint density at radius 2 is 1.77 bits per heavy atom. The summed E-state index contributed by atoms with van der Waals surface area (Å²) < 4.78 is 23.3. The molecule has 5 rings (SSSR count). The lowest BCUT2D eigenvalue weighted by atomic mass is 10.1. The van der Waals surface area contributed by atoms with E-state index in [1.54, 1.807) is 6.26 Å².